The molecular weight excluding hydrogens is 266 g/mol. The van der Waals surface area contributed by atoms with Gasteiger partial charge in [0.15, 0.2) is 0 Å². The van der Waals surface area contributed by atoms with Crippen LogP contribution >= 0.6 is 0 Å². The van der Waals surface area contributed by atoms with Crippen molar-refractivity contribution in [2.45, 2.75) is 38.8 Å². The summed E-state index contributed by atoms with van der Waals surface area (Å²) < 4.78 is 3.18. The molecule has 1 aliphatic rings. The average molecular weight is 287 g/mol. The molecule has 0 saturated carbocycles. The van der Waals surface area contributed by atoms with Crippen LogP contribution in [0.3, 0.4) is 0 Å². The summed E-state index contributed by atoms with van der Waals surface area (Å²) in [5, 5.41) is 0. The third-order valence-corrected chi connectivity index (χ3v) is 4.47. The van der Waals surface area contributed by atoms with E-state index >= 15 is 0 Å². The van der Waals surface area contributed by atoms with Crippen LogP contribution in [-0.2, 0) is 18.4 Å². The summed E-state index contributed by atoms with van der Waals surface area (Å²) in [5.74, 6) is 0.0423. The number of rotatable bonds is 2. The molecule has 0 bridgehead atoms. The SMILES string of the molecule is CC1CCCCN1C(=O)Cn1c(=O)n(C)c2ccccc21. The number of carbonyl (C=O) groups excluding carboxylic acids is 1. The summed E-state index contributed by atoms with van der Waals surface area (Å²) in [7, 11) is 1.75. The van der Waals surface area contributed by atoms with E-state index in [-0.39, 0.29) is 24.2 Å². The molecule has 2 heterocycles. The van der Waals surface area contributed by atoms with Crippen molar-refractivity contribution < 1.29 is 4.79 Å². The molecule has 0 N–H and O–H groups in total. The van der Waals surface area contributed by atoms with Crippen LogP contribution < -0.4 is 5.69 Å². The monoisotopic (exact) mass is 287 g/mol. The van der Waals surface area contributed by atoms with E-state index in [1.807, 2.05) is 29.2 Å². The van der Waals surface area contributed by atoms with Gasteiger partial charge in [0.2, 0.25) is 5.91 Å². The number of hydrogen-bond donors (Lipinski definition) is 0. The third kappa shape index (κ3) is 2.37. The molecule has 1 fully saturated rings. The summed E-state index contributed by atoms with van der Waals surface area (Å²) in [5.41, 5.74) is 1.55. The lowest BCUT2D eigenvalue weighted by molar-refractivity contribution is -0.135. The highest BCUT2D eigenvalue weighted by Gasteiger charge is 2.24. The number of carbonyl (C=O) groups is 1. The molecule has 5 nitrogen and oxygen atoms in total. The summed E-state index contributed by atoms with van der Waals surface area (Å²) in [6, 6.07) is 7.87. The van der Waals surface area contributed by atoms with E-state index in [1.165, 1.54) is 6.42 Å². The fraction of sp³-hybridized carbons (Fsp3) is 0.500. The molecule has 1 aromatic carbocycles. The molecule has 1 saturated heterocycles. The van der Waals surface area contributed by atoms with Gasteiger partial charge in [-0.25, -0.2) is 4.79 Å². The molecule has 21 heavy (non-hydrogen) atoms. The zero-order chi connectivity index (χ0) is 15.0. The predicted octanol–water partition coefficient (Wildman–Crippen LogP) is 1.74. The number of aryl methyl sites for hydroxylation is 1. The summed E-state index contributed by atoms with van der Waals surface area (Å²) >= 11 is 0. The van der Waals surface area contributed by atoms with Gasteiger partial charge < -0.3 is 4.90 Å². The van der Waals surface area contributed by atoms with Gasteiger partial charge >= 0.3 is 5.69 Å². The quantitative estimate of drug-likeness (QED) is 0.844. The zero-order valence-electron chi connectivity index (χ0n) is 12.6. The first-order valence-electron chi connectivity index (χ1n) is 7.53. The van der Waals surface area contributed by atoms with E-state index in [0.29, 0.717) is 0 Å². The first kappa shape index (κ1) is 13.9. The number of piperidine rings is 1. The maximum atomic E-state index is 12.5. The minimum atomic E-state index is -0.130. The summed E-state index contributed by atoms with van der Waals surface area (Å²) in [4.78, 5) is 26.8. The van der Waals surface area contributed by atoms with E-state index in [4.69, 9.17) is 0 Å². The minimum absolute atomic E-state index is 0.0423. The number of nitrogens with zero attached hydrogens (tertiary/aromatic N) is 3. The number of fused-ring (bicyclic) bond motifs is 1. The van der Waals surface area contributed by atoms with Gasteiger partial charge in [0.05, 0.1) is 11.0 Å². The van der Waals surface area contributed by atoms with Gasteiger partial charge in [-0.2, -0.15) is 0 Å². The van der Waals surface area contributed by atoms with Crippen LogP contribution in [0, 0.1) is 0 Å². The molecule has 5 heteroatoms. The van der Waals surface area contributed by atoms with Crippen molar-refractivity contribution >= 4 is 16.9 Å². The Morgan fingerprint density at radius 1 is 1.24 bits per heavy atom. The van der Waals surface area contributed by atoms with E-state index in [1.54, 1.807) is 16.2 Å². The Hall–Kier alpha value is -2.04. The molecule has 1 atom stereocenters. The lowest BCUT2D eigenvalue weighted by atomic mass is 10.0. The van der Waals surface area contributed by atoms with E-state index in [9.17, 15) is 9.59 Å². The molecule has 1 amide bonds. The van der Waals surface area contributed by atoms with E-state index in [0.717, 1.165) is 30.4 Å². The van der Waals surface area contributed by atoms with Crippen molar-refractivity contribution in [1.29, 1.82) is 0 Å². The number of aromatic nitrogens is 2. The highest BCUT2D eigenvalue weighted by atomic mass is 16.2. The Labute approximate surface area is 123 Å². The number of likely N-dealkylation sites (tertiary alicyclic amines) is 1. The Bertz CT molecular complexity index is 729. The smallest absolute Gasteiger partial charge is 0.329 e. The van der Waals surface area contributed by atoms with Crippen LogP contribution in [0.2, 0.25) is 0 Å². The van der Waals surface area contributed by atoms with Gasteiger partial charge in [-0.3, -0.25) is 13.9 Å². The van der Waals surface area contributed by atoms with Crippen molar-refractivity contribution in [2.24, 2.45) is 7.05 Å². The highest BCUT2D eigenvalue weighted by molar-refractivity contribution is 5.81. The van der Waals surface area contributed by atoms with Crippen molar-refractivity contribution in [1.82, 2.24) is 14.0 Å². The maximum absolute atomic E-state index is 12.5. The van der Waals surface area contributed by atoms with Crippen LogP contribution in [0.15, 0.2) is 29.1 Å². The first-order valence-corrected chi connectivity index (χ1v) is 7.53. The lowest BCUT2D eigenvalue weighted by Crippen LogP contribution is -2.44. The maximum Gasteiger partial charge on any atom is 0.329 e. The molecular formula is C16H21N3O2. The number of benzene rings is 1. The molecule has 3 rings (SSSR count). The standard InChI is InChI=1S/C16H21N3O2/c1-12-7-5-6-10-18(12)15(20)11-19-14-9-4-3-8-13(14)17(2)16(19)21/h3-4,8-9,12H,5-7,10-11H2,1-2H3. The first-order chi connectivity index (χ1) is 10.1. The van der Waals surface area contributed by atoms with Gasteiger partial charge in [0.25, 0.3) is 0 Å². The molecule has 0 spiro atoms. The molecule has 0 radical (unpaired) electrons. The largest absolute Gasteiger partial charge is 0.338 e. The Kier molecular flexibility index (Phi) is 3.57. The van der Waals surface area contributed by atoms with Gasteiger partial charge in [-0.15, -0.1) is 0 Å². The van der Waals surface area contributed by atoms with E-state index in [2.05, 4.69) is 6.92 Å². The van der Waals surface area contributed by atoms with Crippen molar-refractivity contribution in [3.8, 4) is 0 Å². The van der Waals surface area contributed by atoms with Gasteiger partial charge in [0.1, 0.15) is 6.54 Å². The average Bonchev–Trinajstić information content (AvgIpc) is 2.73. The second-order valence-corrected chi connectivity index (χ2v) is 5.85. The fourth-order valence-corrected chi connectivity index (χ4v) is 3.21. The number of amides is 1. The third-order valence-electron chi connectivity index (χ3n) is 4.47. The summed E-state index contributed by atoms with van der Waals surface area (Å²) in [6.07, 6.45) is 3.29. The van der Waals surface area contributed by atoms with Gasteiger partial charge in [-0.05, 0) is 38.3 Å². The minimum Gasteiger partial charge on any atom is -0.338 e. The molecule has 1 aliphatic heterocycles. The van der Waals surface area contributed by atoms with Crippen LogP contribution in [-0.4, -0.2) is 32.5 Å². The fourth-order valence-electron chi connectivity index (χ4n) is 3.21. The normalized spacial score (nSPS) is 19.1. The van der Waals surface area contributed by atoms with Crippen molar-refractivity contribution in [2.75, 3.05) is 6.54 Å². The van der Waals surface area contributed by atoms with Crippen LogP contribution in [0.1, 0.15) is 26.2 Å². The highest BCUT2D eigenvalue weighted by Crippen LogP contribution is 2.18. The molecule has 1 aromatic heterocycles. The number of para-hydroxylation sites is 2. The molecule has 2 aromatic rings. The van der Waals surface area contributed by atoms with Gasteiger partial charge in [0, 0.05) is 19.6 Å². The summed E-state index contributed by atoms with van der Waals surface area (Å²) in [6.45, 7) is 3.02. The Morgan fingerprint density at radius 2 is 1.95 bits per heavy atom. The second kappa shape index (κ2) is 5.39. The lowest BCUT2D eigenvalue weighted by Gasteiger charge is -2.33. The molecule has 112 valence electrons. The number of hydrogen-bond acceptors (Lipinski definition) is 2. The topological polar surface area (TPSA) is 47.2 Å². The molecule has 0 aliphatic carbocycles. The Morgan fingerprint density at radius 3 is 2.67 bits per heavy atom. The zero-order valence-corrected chi connectivity index (χ0v) is 12.6. The van der Waals surface area contributed by atoms with Crippen LogP contribution in [0.5, 0.6) is 0 Å². The van der Waals surface area contributed by atoms with E-state index < -0.39 is 0 Å². The second-order valence-electron chi connectivity index (χ2n) is 5.85. The van der Waals surface area contributed by atoms with Crippen LogP contribution in [0.4, 0.5) is 0 Å². The van der Waals surface area contributed by atoms with Gasteiger partial charge in [-0.1, -0.05) is 12.1 Å². The number of imidazole rings is 1. The van der Waals surface area contributed by atoms with Crippen molar-refractivity contribution in [3.63, 3.8) is 0 Å². The van der Waals surface area contributed by atoms with Crippen molar-refractivity contribution in [3.05, 3.63) is 34.7 Å². The van der Waals surface area contributed by atoms with Crippen LogP contribution in [0.25, 0.3) is 11.0 Å². The Balaban J connectivity index is 1.93. The predicted molar refractivity (Wildman–Crippen MR) is 82.2 cm³/mol. The molecule has 1 unspecified atom stereocenters.